The molecule has 0 spiro atoms. The van der Waals surface area contributed by atoms with Crippen molar-refractivity contribution in [1.82, 2.24) is 5.32 Å². The lowest BCUT2D eigenvalue weighted by atomic mass is 10.2. The average molecular weight is 252 g/mol. The van der Waals surface area contributed by atoms with E-state index in [0.29, 0.717) is 0 Å². The molecule has 1 heterocycles. The third-order valence-corrected chi connectivity index (χ3v) is 4.33. The van der Waals surface area contributed by atoms with Crippen LogP contribution >= 0.6 is 0 Å². The van der Waals surface area contributed by atoms with Crippen molar-refractivity contribution in [3.05, 3.63) is 29.8 Å². The summed E-state index contributed by atoms with van der Waals surface area (Å²) in [5.41, 5.74) is 2.57. The minimum absolute atomic E-state index is 0.595. The Bertz CT molecular complexity index is 368. The zero-order valence-corrected chi connectivity index (χ0v) is 11.1. The summed E-state index contributed by atoms with van der Waals surface area (Å²) >= 11 is 0. The van der Waals surface area contributed by atoms with Crippen LogP contribution in [0.1, 0.15) is 12.5 Å². The van der Waals surface area contributed by atoms with E-state index in [1.807, 2.05) is 0 Å². The molecule has 3 nitrogen and oxygen atoms in total. The van der Waals surface area contributed by atoms with Gasteiger partial charge in [-0.05, 0) is 24.2 Å². The predicted molar refractivity (Wildman–Crippen MR) is 73.9 cm³/mol. The van der Waals surface area contributed by atoms with E-state index in [-0.39, 0.29) is 0 Å². The number of rotatable bonds is 4. The van der Waals surface area contributed by atoms with Gasteiger partial charge in [0, 0.05) is 47.6 Å². The van der Waals surface area contributed by atoms with Crippen molar-refractivity contribution in [3.8, 4) is 0 Å². The molecule has 1 aliphatic heterocycles. The van der Waals surface area contributed by atoms with Crippen LogP contribution in [0.25, 0.3) is 0 Å². The normalized spacial score (nSPS) is 17.4. The van der Waals surface area contributed by atoms with Crippen LogP contribution < -0.4 is 10.2 Å². The summed E-state index contributed by atoms with van der Waals surface area (Å²) < 4.78 is 11.3. The van der Waals surface area contributed by atoms with Crippen molar-refractivity contribution in [2.24, 2.45) is 0 Å². The fraction of sp³-hybridized carbons (Fsp3) is 0.538. The first-order valence-corrected chi connectivity index (χ1v) is 7.68. The standard InChI is InChI=1S/C13H20N2OS/c1-2-14-11-12-3-5-13(6-4-12)15-7-9-17(16)10-8-15/h3-6,14H,2,7-11H2,1H3. The highest BCUT2D eigenvalue weighted by molar-refractivity contribution is 7.85. The smallest absolute Gasteiger partial charge is 0.0411 e. The summed E-state index contributed by atoms with van der Waals surface area (Å²) in [4.78, 5) is 2.32. The Hall–Kier alpha value is -0.870. The van der Waals surface area contributed by atoms with Crippen molar-refractivity contribution >= 4 is 16.5 Å². The summed E-state index contributed by atoms with van der Waals surface area (Å²) in [5.74, 6) is 1.61. The molecule has 0 amide bonds. The van der Waals surface area contributed by atoms with Gasteiger partial charge in [-0.15, -0.1) is 0 Å². The molecule has 0 atom stereocenters. The molecule has 0 aliphatic carbocycles. The molecule has 17 heavy (non-hydrogen) atoms. The van der Waals surface area contributed by atoms with Gasteiger partial charge in [-0.3, -0.25) is 4.21 Å². The van der Waals surface area contributed by atoms with E-state index in [9.17, 15) is 4.21 Å². The van der Waals surface area contributed by atoms with Gasteiger partial charge in [0.25, 0.3) is 0 Å². The third kappa shape index (κ3) is 3.54. The van der Waals surface area contributed by atoms with E-state index in [1.54, 1.807) is 0 Å². The van der Waals surface area contributed by atoms with Gasteiger partial charge in [-0.1, -0.05) is 19.1 Å². The van der Waals surface area contributed by atoms with E-state index in [4.69, 9.17) is 0 Å². The van der Waals surface area contributed by atoms with E-state index in [0.717, 1.165) is 37.7 Å². The molecule has 0 bridgehead atoms. The Morgan fingerprint density at radius 3 is 2.47 bits per heavy atom. The van der Waals surface area contributed by atoms with Crippen LogP contribution in [0.5, 0.6) is 0 Å². The van der Waals surface area contributed by atoms with Gasteiger partial charge in [0.05, 0.1) is 0 Å². The second-order valence-corrected chi connectivity index (χ2v) is 5.98. The maximum Gasteiger partial charge on any atom is 0.0411 e. The Morgan fingerprint density at radius 2 is 1.88 bits per heavy atom. The monoisotopic (exact) mass is 252 g/mol. The van der Waals surface area contributed by atoms with Gasteiger partial charge in [0.1, 0.15) is 0 Å². The Morgan fingerprint density at radius 1 is 1.24 bits per heavy atom. The lowest BCUT2D eigenvalue weighted by molar-refractivity contribution is 0.673. The van der Waals surface area contributed by atoms with Gasteiger partial charge < -0.3 is 10.2 Å². The highest BCUT2D eigenvalue weighted by Crippen LogP contribution is 2.17. The van der Waals surface area contributed by atoms with Crippen molar-refractivity contribution in [3.63, 3.8) is 0 Å². The summed E-state index contributed by atoms with van der Waals surface area (Å²) in [6.45, 7) is 5.88. The molecule has 1 aromatic rings. The van der Waals surface area contributed by atoms with E-state index >= 15 is 0 Å². The molecule has 0 unspecified atom stereocenters. The Balaban J connectivity index is 1.95. The molecule has 2 rings (SSSR count). The lowest BCUT2D eigenvalue weighted by Crippen LogP contribution is -2.37. The predicted octanol–water partition coefficient (Wildman–Crippen LogP) is 1.36. The van der Waals surface area contributed by atoms with E-state index in [2.05, 4.69) is 41.4 Å². The van der Waals surface area contributed by atoms with Crippen molar-refractivity contribution in [2.45, 2.75) is 13.5 Å². The summed E-state index contributed by atoms with van der Waals surface area (Å²) in [6, 6.07) is 8.68. The first-order chi connectivity index (χ1) is 8.29. The zero-order valence-electron chi connectivity index (χ0n) is 10.3. The molecule has 0 radical (unpaired) electrons. The molecular weight excluding hydrogens is 232 g/mol. The number of benzene rings is 1. The van der Waals surface area contributed by atoms with Crippen molar-refractivity contribution < 1.29 is 4.21 Å². The second kappa shape index (κ2) is 6.17. The second-order valence-electron chi connectivity index (χ2n) is 4.28. The molecule has 4 heteroatoms. The zero-order chi connectivity index (χ0) is 12.1. The van der Waals surface area contributed by atoms with E-state index < -0.39 is 10.8 Å². The molecule has 1 fully saturated rings. The fourth-order valence-corrected chi connectivity index (χ4v) is 3.04. The highest BCUT2D eigenvalue weighted by atomic mass is 32.2. The van der Waals surface area contributed by atoms with Crippen LogP contribution in [-0.2, 0) is 17.3 Å². The Kier molecular flexibility index (Phi) is 4.57. The maximum absolute atomic E-state index is 11.3. The van der Waals surface area contributed by atoms with Crippen LogP contribution in [0.4, 0.5) is 5.69 Å². The largest absolute Gasteiger partial charge is 0.370 e. The van der Waals surface area contributed by atoms with E-state index in [1.165, 1.54) is 11.3 Å². The minimum Gasteiger partial charge on any atom is -0.370 e. The van der Waals surface area contributed by atoms with Gasteiger partial charge in [0.15, 0.2) is 0 Å². The van der Waals surface area contributed by atoms with Crippen molar-refractivity contribution in [2.75, 3.05) is 36.0 Å². The maximum atomic E-state index is 11.3. The van der Waals surface area contributed by atoms with Crippen LogP contribution in [0.2, 0.25) is 0 Å². The topological polar surface area (TPSA) is 32.3 Å². The minimum atomic E-state index is -0.595. The number of anilines is 1. The van der Waals surface area contributed by atoms with Crippen LogP contribution in [0.3, 0.4) is 0 Å². The number of hydrogen-bond acceptors (Lipinski definition) is 3. The summed E-state index contributed by atoms with van der Waals surface area (Å²) in [5, 5.41) is 3.32. The molecule has 1 saturated heterocycles. The van der Waals surface area contributed by atoms with Crippen LogP contribution in [0.15, 0.2) is 24.3 Å². The van der Waals surface area contributed by atoms with Gasteiger partial charge in [-0.25, -0.2) is 0 Å². The third-order valence-electron chi connectivity index (χ3n) is 3.06. The molecule has 0 aromatic heterocycles. The quantitative estimate of drug-likeness (QED) is 0.878. The van der Waals surface area contributed by atoms with Gasteiger partial charge in [0.2, 0.25) is 0 Å². The first kappa shape index (κ1) is 12.6. The molecular formula is C13H20N2OS. The summed E-state index contributed by atoms with van der Waals surface area (Å²) in [7, 11) is -0.595. The lowest BCUT2D eigenvalue weighted by Gasteiger charge is -2.28. The number of nitrogens with zero attached hydrogens (tertiary/aromatic N) is 1. The molecule has 1 aliphatic rings. The molecule has 1 aromatic carbocycles. The van der Waals surface area contributed by atoms with Gasteiger partial charge in [-0.2, -0.15) is 0 Å². The molecule has 94 valence electrons. The van der Waals surface area contributed by atoms with Crippen LogP contribution in [0, 0.1) is 0 Å². The number of hydrogen-bond donors (Lipinski definition) is 1. The summed E-state index contributed by atoms with van der Waals surface area (Å²) in [6.07, 6.45) is 0. The van der Waals surface area contributed by atoms with Gasteiger partial charge >= 0.3 is 0 Å². The fourth-order valence-electron chi connectivity index (χ4n) is 1.99. The molecule has 1 N–H and O–H groups in total. The van der Waals surface area contributed by atoms with Crippen LogP contribution in [-0.4, -0.2) is 35.3 Å². The molecule has 0 saturated carbocycles. The Labute approximate surface area is 106 Å². The SMILES string of the molecule is CCNCc1ccc(N2CCS(=O)CC2)cc1. The van der Waals surface area contributed by atoms with Crippen molar-refractivity contribution in [1.29, 1.82) is 0 Å². The average Bonchev–Trinajstić information content (AvgIpc) is 2.38. The highest BCUT2D eigenvalue weighted by Gasteiger charge is 2.14. The first-order valence-electron chi connectivity index (χ1n) is 6.19. The number of nitrogens with one attached hydrogen (secondary N) is 1.